The summed E-state index contributed by atoms with van der Waals surface area (Å²) in [6, 6.07) is 15.0. The Morgan fingerprint density at radius 2 is 1.35 bits per heavy atom. The molecule has 2 aromatic rings. The van der Waals surface area contributed by atoms with Crippen LogP contribution in [0.25, 0.3) is 11.1 Å². The molecule has 0 aromatic heterocycles. The summed E-state index contributed by atoms with van der Waals surface area (Å²) in [5, 5.41) is 19.6. The van der Waals surface area contributed by atoms with Crippen LogP contribution >= 0.6 is 0 Å². The predicted molar refractivity (Wildman–Crippen MR) is 117 cm³/mol. The average Bonchev–Trinajstić information content (AvgIpc) is 2.80. The number of rotatable bonds is 14. The molecule has 0 saturated heterocycles. The molecule has 31 heavy (non-hydrogen) atoms. The standard InChI is InChI=1S/C24H30O7/c1-3-13-28-14-20(25)15-29-22-9-5-18(6-10-22)19-7-11-23(12-8-19)30-16-21(26)17-31-24(27)4-2/h4-12,20-21,25-26H,2-3,13-17H2,1H3. The zero-order valence-corrected chi connectivity index (χ0v) is 17.7. The van der Waals surface area contributed by atoms with Crippen molar-refractivity contribution in [2.24, 2.45) is 0 Å². The van der Waals surface area contributed by atoms with Gasteiger partial charge in [0.05, 0.1) is 6.61 Å². The van der Waals surface area contributed by atoms with Crippen LogP contribution in [0, 0.1) is 0 Å². The summed E-state index contributed by atoms with van der Waals surface area (Å²) in [7, 11) is 0. The van der Waals surface area contributed by atoms with E-state index in [-0.39, 0.29) is 26.4 Å². The highest BCUT2D eigenvalue weighted by molar-refractivity contribution is 5.81. The van der Waals surface area contributed by atoms with E-state index < -0.39 is 18.2 Å². The minimum absolute atomic E-state index is 0.00510. The topological polar surface area (TPSA) is 94.5 Å². The molecule has 2 aromatic carbocycles. The Balaban J connectivity index is 1.79. The third-order valence-electron chi connectivity index (χ3n) is 4.17. The molecule has 0 fully saturated rings. The van der Waals surface area contributed by atoms with Gasteiger partial charge in [0.2, 0.25) is 0 Å². The fourth-order valence-electron chi connectivity index (χ4n) is 2.57. The summed E-state index contributed by atoms with van der Waals surface area (Å²) in [4.78, 5) is 11.0. The molecule has 0 amide bonds. The number of aliphatic hydroxyl groups is 2. The molecular formula is C24H30O7. The lowest BCUT2D eigenvalue weighted by Gasteiger charge is -2.13. The molecule has 0 heterocycles. The first-order valence-electron chi connectivity index (χ1n) is 10.2. The molecule has 7 heteroatoms. The molecular weight excluding hydrogens is 400 g/mol. The van der Waals surface area contributed by atoms with E-state index in [2.05, 4.69) is 6.58 Å². The van der Waals surface area contributed by atoms with Crippen molar-refractivity contribution in [3.63, 3.8) is 0 Å². The Kier molecular flexibility index (Phi) is 10.6. The van der Waals surface area contributed by atoms with Crippen LogP contribution in [0.15, 0.2) is 61.2 Å². The highest BCUT2D eigenvalue weighted by Gasteiger charge is 2.09. The second-order valence-electron chi connectivity index (χ2n) is 6.89. The molecule has 0 radical (unpaired) electrons. The molecule has 0 bridgehead atoms. The monoisotopic (exact) mass is 430 g/mol. The number of carbonyl (C=O) groups excluding carboxylic acids is 1. The Morgan fingerprint density at radius 1 is 0.871 bits per heavy atom. The van der Waals surface area contributed by atoms with E-state index in [0.29, 0.717) is 18.1 Å². The Labute approximate surface area is 182 Å². The van der Waals surface area contributed by atoms with E-state index in [0.717, 1.165) is 23.6 Å². The van der Waals surface area contributed by atoms with Crippen molar-refractivity contribution in [1.82, 2.24) is 0 Å². The van der Waals surface area contributed by atoms with Gasteiger partial charge in [-0.1, -0.05) is 37.8 Å². The lowest BCUT2D eigenvalue weighted by atomic mass is 10.1. The highest BCUT2D eigenvalue weighted by atomic mass is 16.5. The summed E-state index contributed by atoms with van der Waals surface area (Å²) < 4.78 is 21.2. The van der Waals surface area contributed by atoms with Crippen molar-refractivity contribution in [1.29, 1.82) is 0 Å². The third-order valence-corrected chi connectivity index (χ3v) is 4.17. The van der Waals surface area contributed by atoms with E-state index in [1.54, 1.807) is 12.1 Å². The van der Waals surface area contributed by atoms with Gasteiger partial charge in [-0.3, -0.25) is 0 Å². The maximum absolute atomic E-state index is 11.0. The third kappa shape index (κ3) is 9.21. The van der Waals surface area contributed by atoms with E-state index >= 15 is 0 Å². The molecule has 0 aliphatic rings. The number of aliphatic hydroxyl groups excluding tert-OH is 2. The van der Waals surface area contributed by atoms with Crippen LogP contribution in [0.5, 0.6) is 11.5 Å². The lowest BCUT2D eigenvalue weighted by Crippen LogP contribution is -2.24. The van der Waals surface area contributed by atoms with Gasteiger partial charge in [0, 0.05) is 12.7 Å². The van der Waals surface area contributed by atoms with Crippen LogP contribution in [0.4, 0.5) is 0 Å². The molecule has 168 valence electrons. The van der Waals surface area contributed by atoms with Gasteiger partial charge in [-0.15, -0.1) is 0 Å². The number of hydrogen-bond acceptors (Lipinski definition) is 7. The Morgan fingerprint density at radius 3 is 1.81 bits per heavy atom. The van der Waals surface area contributed by atoms with Crippen molar-refractivity contribution in [3.05, 3.63) is 61.2 Å². The number of hydrogen-bond donors (Lipinski definition) is 2. The van der Waals surface area contributed by atoms with Gasteiger partial charge < -0.3 is 29.2 Å². The second kappa shape index (κ2) is 13.4. The molecule has 7 nitrogen and oxygen atoms in total. The molecule has 0 aliphatic carbocycles. The number of carbonyl (C=O) groups is 1. The van der Waals surface area contributed by atoms with Gasteiger partial charge in [0.1, 0.15) is 43.5 Å². The van der Waals surface area contributed by atoms with Gasteiger partial charge in [0.15, 0.2) is 0 Å². The normalized spacial score (nSPS) is 12.6. The van der Waals surface area contributed by atoms with Crippen LogP contribution in [-0.2, 0) is 14.3 Å². The summed E-state index contributed by atoms with van der Waals surface area (Å²) in [6.45, 7) is 6.22. The van der Waals surface area contributed by atoms with Crippen LogP contribution in [-0.4, -0.2) is 61.4 Å². The van der Waals surface area contributed by atoms with Crippen molar-refractivity contribution in [2.75, 3.05) is 33.0 Å². The van der Waals surface area contributed by atoms with Crippen molar-refractivity contribution in [2.45, 2.75) is 25.6 Å². The van der Waals surface area contributed by atoms with Crippen molar-refractivity contribution >= 4 is 5.97 Å². The highest BCUT2D eigenvalue weighted by Crippen LogP contribution is 2.24. The SMILES string of the molecule is C=CC(=O)OCC(O)COc1ccc(-c2ccc(OCC(O)COCCC)cc2)cc1. The fourth-order valence-corrected chi connectivity index (χ4v) is 2.57. The van der Waals surface area contributed by atoms with Gasteiger partial charge >= 0.3 is 5.97 Å². The molecule has 0 aliphatic heterocycles. The largest absolute Gasteiger partial charge is 0.491 e. The van der Waals surface area contributed by atoms with Gasteiger partial charge in [-0.25, -0.2) is 4.79 Å². The molecule has 2 rings (SSSR count). The molecule has 0 saturated carbocycles. The summed E-state index contributed by atoms with van der Waals surface area (Å²) in [5.74, 6) is 0.679. The van der Waals surface area contributed by atoms with E-state index in [9.17, 15) is 15.0 Å². The average molecular weight is 430 g/mol. The molecule has 2 unspecified atom stereocenters. The number of benzene rings is 2. The first-order valence-corrected chi connectivity index (χ1v) is 10.2. The minimum atomic E-state index is -0.923. The quantitative estimate of drug-likeness (QED) is 0.270. The predicted octanol–water partition coefficient (Wildman–Crippen LogP) is 2.99. The lowest BCUT2D eigenvalue weighted by molar-refractivity contribution is -0.141. The zero-order valence-electron chi connectivity index (χ0n) is 17.7. The minimum Gasteiger partial charge on any atom is -0.491 e. The number of ether oxygens (including phenoxy) is 4. The van der Waals surface area contributed by atoms with E-state index in [1.165, 1.54) is 0 Å². The second-order valence-corrected chi connectivity index (χ2v) is 6.89. The Hall–Kier alpha value is -2.87. The van der Waals surface area contributed by atoms with Crippen molar-refractivity contribution in [3.8, 4) is 22.6 Å². The molecule has 0 spiro atoms. The van der Waals surface area contributed by atoms with Crippen molar-refractivity contribution < 1.29 is 34.0 Å². The maximum atomic E-state index is 11.0. The first-order chi connectivity index (χ1) is 15.0. The van der Waals surface area contributed by atoms with Gasteiger partial charge in [-0.2, -0.15) is 0 Å². The molecule has 2 N–H and O–H groups in total. The van der Waals surface area contributed by atoms with Crippen LogP contribution in [0.3, 0.4) is 0 Å². The Bertz CT molecular complexity index is 787. The fraction of sp³-hybridized carbons (Fsp3) is 0.375. The van der Waals surface area contributed by atoms with Crippen LogP contribution in [0.2, 0.25) is 0 Å². The maximum Gasteiger partial charge on any atom is 0.330 e. The summed E-state index contributed by atoms with van der Waals surface area (Å²) in [5.41, 5.74) is 1.99. The summed E-state index contributed by atoms with van der Waals surface area (Å²) >= 11 is 0. The van der Waals surface area contributed by atoms with E-state index in [4.69, 9.17) is 18.9 Å². The van der Waals surface area contributed by atoms with Crippen LogP contribution in [0.1, 0.15) is 13.3 Å². The number of esters is 1. The first kappa shape index (κ1) is 24.4. The van der Waals surface area contributed by atoms with E-state index in [1.807, 2.05) is 43.3 Å². The van der Waals surface area contributed by atoms with Crippen LogP contribution < -0.4 is 9.47 Å². The zero-order chi connectivity index (χ0) is 22.5. The summed E-state index contributed by atoms with van der Waals surface area (Å²) in [6.07, 6.45) is 0.370. The molecule has 2 atom stereocenters. The van der Waals surface area contributed by atoms with Gasteiger partial charge in [0.25, 0.3) is 0 Å². The van der Waals surface area contributed by atoms with Gasteiger partial charge in [-0.05, 0) is 41.8 Å². The smallest absolute Gasteiger partial charge is 0.330 e.